The second-order valence-corrected chi connectivity index (χ2v) is 2.27. The van der Waals surface area contributed by atoms with Crippen LogP contribution in [0.3, 0.4) is 0 Å². The first-order valence-electron chi connectivity index (χ1n) is 3.72. The predicted octanol–water partition coefficient (Wildman–Crippen LogP) is 2.42. The van der Waals surface area contributed by atoms with E-state index < -0.39 is 5.97 Å². The molecule has 0 saturated heterocycles. The highest BCUT2D eigenvalue weighted by Crippen LogP contribution is 2.06. The molecule has 0 heterocycles. The van der Waals surface area contributed by atoms with Gasteiger partial charge in [-0.15, -0.1) is 0 Å². The zero-order valence-corrected chi connectivity index (χ0v) is 6.93. The average Bonchev–Trinajstić information content (AvgIpc) is 2.00. The fourth-order valence-corrected chi connectivity index (χ4v) is 0.609. The van der Waals surface area contributed by atoms with Crippen molar-refractivity contribution in [2.45, 2.75) is 26.2 Å². The second-order valence-electron chi connectivity index (χ2n) is 2.27. The van der Waals surface area contributed by atoms with E-state index in [0.717, 1.165) is 25.3 Å². The van der Waals surface area contributed by atoms with Crippen LogP contribution < -0.4 is 0 Å². The summed E-state index contributed by atoms with van der Waals surface area (Å²) in [6.45, 7) is 8.94. The Kier molecular flexibility index (Phi) is 5.17. The van der Waals surface area contributed by atoms with Gasteiger partial charge < -0.3 is 4.74 Å². The Morgan fingerprint density at radius 1 is 1.64 bits per heavy atom. The Balaban J connectivity index is 3.52. The van der Waals surface area contributed by atoms with Gasteiger partial charge in [0, 0.05) is 12.5 Å². The summed E-state index contributed by atoms with van der Waals surface area (Å²) >= 11 is 0. The van der Waals surface area contributed by atoms with Crippen molar-refractivity contribution in [1.82, 2.24) is 0 Å². The summed E-state index contributed by atoms with van der Waals surface area (Å²) in [7, 11) is 0. The van der Waals surface area contributed by atoms with Crippen LogP contribution in [-0.4, -0.2) is 5.97 Å². The van der Waals surface area contributed by atoms with E-state index in [9.17, 15) is 4.79 Å². The van der Waals surface area contributed by atoms with Crippen molar-refractivity contribution in [3.63, 3.8) is 0 Å². The monoisotopic (exact) mass is 154 g/mol. The maximum atomic E-state index is 10.6. The van der Waals surface area contributed by atoms with E-state index in [1.165, 1.54) is 0 Å². The van der Waals surface area contributed by atoms with Gasteiger partial charge in [-0.1, -0.05) is 26.5 Å². The van der Waals surface area contributed by atoms with Gasteiger partial charge in [0.1, 0.15) is 5.76 Å². The van der Waals surface area contributed by atoms with Crippen molar-refractivity contribution in [1.29, 1.82) is 0 Å². The van der Waals surface area contributed by atoms with Crippen LogP contribution in [0, 0.1) is 0 Å². The molecule has 0 radical (unpaired) electrons. The summed E-state index contributed by atoms with van der Waals surface area (Å²) in [4.78, 5) is 10.6. The number of carbonyl (C=O) groups is 1. The van der Waals surface area contributed by atoms with E-state index >= 15 is 0 Å². The SMILES string of the molecule is C=CC(=O)OC(=C)CCCC. The summed E-state index contributed by atoms with van der Waals surface area (Å²) in [5.74, 6) is 0.0999. The van der Waals surface area contributed by atoms with Gasteiger partial charge in [-0.05, 0) is 6.42 Å². The fraction of sp³-hybridized carbons (Fsp3) is 0.444. The third-order valence-corrected chi connectivity index (χ3v) is 1.22. The average molecular weight is 154 g/mol. The van der Waals surface area contributed by atoms with Gasteiger partial charge in [0.05, 0.1) is 0 Å². The number of unbranched alkanes of at least 4 members (excludes halogenated alkanes) is 1. The number of ether oxygens (including phenoxy) is 1. The van der Waals surface area contributed by atoms with Crippen LogP contribution in [0.1, 0.15) is 26.2 Å². The highest BCUT2D eigenvalue weighted by molar-refractivity contribution is 5.81. The first-order chi connectivity index (χ1) is 5.20. The summed E-state index contributed by atoms with van der Waals surface area (Å²) in [5, 5.41) is 0. The lowest BCUT2D eigenvalue weighted by molar-refractivity contribution is -0.133. The third-order valence-electron chi connectivity index (χ3n) is 1.22. The topological polar surface area (TPSA) is 26.3 Å². The number of esters is 1. The first-order valence-corrected chi connectivity index (χ1v) is 3.72. The summed E-state index contributed by atoms with van der Waals surface area (Å²) in [6, 6.07) is 0. The van der Waals surface area contributed by atoms with E-state index in [0.29, 0.717) is 5.76 Å². The molecule has 0 aliphatic heterocycles. The highest BCUT2D eigenvalue weighted by Gasteiger charge is 1.98. The van der Waals surface area contributed by atoms with E-state index in [-0.39, 0.29) is 0 Å². The first kappa shape index (κ1) is 9.95. The molecule has 0 N–H and O–H groups in total. The lowest BCUT2D eigenvalue weighted by Crippen LogP contribution is -1.98. The Hall–Kier alpha value is -1.05. The van der Waals surface area contributed by atoms with Gasteiger partial charge in [-0.3, -0.25) is 0 Å². The smallest absolute Gasteiger partial charge is 0.335 e. The van der Waals surface area contributed by atoms with Gasteiger partial charge in [0.2, 0.25) is 0 Å². The molecule has 0 unspecified atom stereocenters. The number of rotatable bonds is 5. The standard InChI is InChI=1S/C9H14O2/c1-4-6-7-8(3)11-9(10)5-2/h5H,2-4,6-7H2,1H3. The molecule has 0 amide bonds. The molecular formula is C9H14O2. The molecule has 0 aliphatic rings. The van der Waals surface area contributed by atoms with Gasteiger partial charge in [0.25, 0.3) is 0 Å². The van der Waals surface area contributed by atoms with Crippen LogP contribution in [0.15, 0.2) is 25.0 Å². The van der Waals surface area contributed by atoms with E-state index in [4.69, 9.17) is 4.74 Å². The Morgan fingerprint density at radius 3 is 2.73 bits per heavy atom. The maximum absolute atomic E-state index is 10.6. The summed E-state index contributed by atoms with van der Waals surface area (Å²) < 4.78 is 4.75. The number of allylic oxidation sites excluding steroid dienone is 1. The fourth-order valence-electron chi connectivity index (χ4n) is 0.609. The normalized spacial score (nSPS) is 8.82. The maximum Gasteiger partial charge on any atom is 0.335 e. The van der Waals surface area contributed by atoms with Crippen molar-refractivity contribution < 1.29 is 9.53 Å². The molecule has 0 spiro atoms. The molecule has 0 aromatic rings. The van der Waals surface area contributed by atoms with Crippen molar-refractivity contribution in [2.75, 3.05) is 0 Å². The zero-order chi connectivity index (χ0) is 8.69. The summed E-state index contributed by atoms with van der Waals surface area (Å²) in [6.07, 6.45) is 3.96. The quantitative estimate of drug-likeness (QED) is 0.345. The molecule has 2 nitrogen and oxygen atoms in total. The van der Waals surface area contributed by atoms with Crippen LogP contribution in [0.2, 0.25) is 0 Å². The molecule has 0 atom stereocenters. The van der Waals surface area contributed by atoms with Gasteiger partial charge in [-0.25, -0.2) is 4.79 Å². The van der Waals surface area contributed by atoms with Crippen molar-refractivity contribution in [2.24, 2.45) is 0 Å². The Bertz CT molecular complexity index is 159. The Labute approximate surface area is 67.6 Å². The minimum atomic E-state index is -0.425. The Morgan fingerprint density at radius 2 is 2.27 bits per heavy atom. The van der Waals surface area contributed by atoms with Gasteiger partial charge in [0.15, 0.2) is 0 Å². The molecule has 0 aromatic carbocycles. The minimum Gasteiger partial charge on any atom is -0.429 e. The van der Waals surface area contributed by atoms with Gasteiger partial charge in [-0.2, -0.15) is 0 Å². The minimum absolute atomic E-state index is 0.425. The molecule has 0 saturated carbocycles. The summed E-state index contributed by atoms with van der Waals surface area (Å²) in [5.41, 5.74) is 0. The van der Waals surface area contributed by atoms with Crippen LogP contribution in [0.4, 0.5) is 0 Å². The number of carbonyl (C=O) groups excluding carboxylic acids is 1. The molecule has 62 valence electrons. The number of hydrogen-bond donors (Lipinski definition) is 0. The molecule has 0 fully saturated rings. The van der Waals surface area contributed by atoms with Crippen LogP contribution >= 0.6 is 0 Å². The van der Waals surface area contributed by atoms with E-state index in [1.807, 2.05) is 0 Å². The molecule has 0 rings (SSSR count). The van der Waals surface area contributed by atoms with Crippen LogP contribution in [0.25, 0.3) is 0 Å². The lowest BCUT2D eigenvalue weighted by atomic mass is 10.2. The zero-order valence-electron chi connectivity index (χ0n) is 6.93. The predicted molar refractivity (Wildman–Crippen MR) is 45.0 cm³/mol. The van der Waals surface area contributed by atoms with Gasteiger partial charge >= 0.3 is 5.97 Å². The molecule has 2 heteroatoms. The largest absolute Gasteiger partial charge is 0.429 e. The lowest BCUT2D eigenvalue weighted by Gasteiger charge is -2.02. The third kappa shape index (κ3) is 5.40. The van der Waals surface area contributed by atoms with E-state index in [1.54, 1.807) is 0 Å². The van der Waals surface area contributed by atoms with Crippen molar-refractivity contribution in [3.8, 4) is 0 Å². The van der Waals surface area contributed by atoms with Crippen LogP contribution in [0.5, 0.6) is 0 Å². The molecular weight excluding hydrogens is 140 g/mol. The van der Waals surface area contributed by atoms with Crippen molar-refractivity contribution in [3.05, 3.63) is 25.0 Å². The molecule has 0 bridgehead atoms. The molecule has 0 aromatic heterocycles. The number of hydrogen-bond acceptors (Lipinski definition) is 2. The highest BCUT2D eigenvalue weighted by atomic mass is 16.5. The molecule has 11 heavy (non-hydrogen) atoms. The second kappa shape index (κ2) is 5.71. The van der Waals surface area contributed by atoms with E-state index in [2.05, 4.69) is 20.1 Å². The van der Waals surface area contributed by atoms with Crippen molar-refractivity contribution >= 4 is 5.97 Å². The molecule has 0 aliphatic carbocycles. The van der Waals surface area contributed by atoms with Crippen LogP contribution in [-0.2, 0) is 9.53 Å².